The molecular weight excluding hydrogens is 304 g/mol. The number of aryl methyl sites for hydroxylation is 1. The lowest BCUT2D eigenvalue weighted by Gasteiger charge is -2.28. The highest BCUT2D eigenvalue weighted by molar-refractivity contribution is 8.01. The Labute approximate surface area is 131 Å². The molecule has 0 bridgehead atoms. The number of rotatable bonds is 3. The van der Waals surface area contributed by atoms with Crippen LogP contribution in [0, 0.1) is 17.0 Å². The first-order chi connectivity index (χ1) is 10.0. The highest BCUT2D eigenvalue weighted by atomic mass is 32.2. The number of thiophene rings is 1. The Morgan fingerprint density at radius 2 is 2.19 bits per heavy atom. The van der Waals surface area contributed by atoms with Crippen LogP contribution >= 0.6 is 23.1 Å². The molecule has 1 aromatic heterocycles. The summed E-state index contributed by atoms with van der Waals surface area (Å²) in [6, 6.07) is 7.73. The molecular formula is C15H16N2O2S2. The molecule has 4 nitrogen and oxygen atoms in total. The Morgan fingerprint density at radius 3 is 2.95 bits per heavy atom. The lowest BCUT2D eigenvalue weighted by molar-refractivity contribution is -0.385. The summed E-state index contributed by atoms with van der Waals surface area (Å²) in [5.74, 6) is 0. The van der Waals surface area contributed by atoms with Crippen molar-refractivity contribution >= 4 is 34.5 Å². The quantitative estimate of drug-likeness (QED) is 0.638. The second kappa shape index (κ2) is 5.69. The summed E-state index contributed by atoms with van der Waals surface area (Å²) >= 11 is 3.68. The summed E-state index contributed by atoms with van der Waals surface area (Å²) < 4.78 is 1.35. The summed E-state index contributed by atoms with van der Waals surface area (Å²) in [5, 5.41) is 17.2. The molecule has 2 atom stereocenters. The molecule has 0 radical (unpaired) electrons. The third-order valence-electron chi connectivity index (χ3n) is 3.66. The van der Waals surface area contributed by atoms with Crippen LogP contribution in [0.5, 0.6) is 0 Å². The van der Waals surface area contributed by atoms with Crippen molar-refractivity contribution in [2.24, 2.45) is 0 Å². The van der Waals surface area contributed by atoms with E-state index >= 15 is 0 Å². The van der Waals surface area contributed by atoms with Crippen molar-refractivity contribution < 1.29 is 4.92 Å². The minimum atomic E-state index is -0.324. The molecule has 21 heavy (non-hydrogen) atoms. The van der Waals surface area contributed by atoms with Gasteiger partial charge in [0.25, 0.3) is 5.69 Å². The number of fused-ring (bicyclic) bond motifs is 1. The second-order valence-electron chi connectivity index (χ2n) is 5.28. The fraction of sp³-hybridized carbons (Fsp3) is 0.333. The Morgan fingerprint density at radius 1 is 1.38 bits per heavy atom. The Hall–Kier alpha value is -1.53. The molecule has 0 spiro atoms. The summed E-state index contributed by atoms with van der Waals surface area (Å²) in [4.78, 5) is 10.7. The molecule has 0 saturated carbocycles. The van der Waals surface area contributed by atoms with Crippen LogP contribution in [-0.2, 0) is 0 Å². The van der Waals surface area contributed by atoms with Gasteiger partial charge in [0.2, 0.25) is 0 Å². The molecule has 1 aromatic carbocycles. The Kier molecular flexibility index (Phi) is 3.91. The van der Waals surface area contributed by atoms with Crippen LogP contribution in [0.15, 0.2) is 33.9 Å². The second-order valence-corrected chi connectivity index (χ2v) is 7.91. The molecule has 0 fully saturated rings. The Bertz CT molecular complexity index is 684. The van der Waals surface area contributed by atoms with Crippen LogP contribution < -0.4 is 5.32 Å². The number of thioether (sulfide) groups is 1. The molecule has 3 rings (SSSR count). The average Bonchev–Trinajstić information content (AvgIpc) is 2.88. The first kappa shape index (κ1) is 14.4. The third-order valence-corrected chi connectivity index (χ3v) is 6.00. The van der Waals surface area contributed by atoms with Gasteiger partial charge < -0.3 is 5.32 Å². The van der Waals surface area contributed by atoms with E-state index in [9.17, 15) is 10.1 Å². The molecule has 2 aromatic rings. The Balaban J connectivity index is 1.88. The first-order valence-corrected chi connectivity index (χ1v) is 8.56. The van der Waals surface area contributed by atoms with Gasteiger partial charge in [-0.2, -0.15) is 0 Å². The molecule has 110 valence electrons. The van der Waals surface area contributed by atoms with Crippen molar-refractivity contribution in [3.63, 3.8) is 0 Å². The summed E-state index contributed by atoms with van der Waals surface area (Å²) in [6.07, 6.45) is 1.02. The lowest BCUT2D eigenvalue weighted by atomic mass is 10.0. The molecule has 0 amide bonds. The van der Waals surface area contributed by atoms with Crippen LogP contribution in [0.1, 0.15) is 30.5 Å². The van der Waals surface area contributed by atoms with Gasteiger partial charge in [0.05, 0.1) is 15.2 Å². The third kappa shape index (κ3) is 2.91. The van der Waals surface area contributed by atoms with E-state index < -0.39 is 0 Å². The predicted molar refractivity (Wildman–Crippen MR) is 88.5 cm³/mol. The van der Waals surface area contributed by atoms with Crippen LogP contribution in [-0.4, -0.2) is 10.2 Å². The fourth-order valence-corrected chi connectivity index (χ4v) is 5.15. The van der Waals surface area contributed by atoms with E-state index in [1.807, 2.05) is 17.8 Å². The molecule has 0 saturated heterocycles. The zero-order valence-electron chi connectivity index (χ0n) is 11.8. The highest BCUT2D eigenvalue weighted by Crippen LogP contribution is 2.45. The van der Waals surface area contributed by atoms with Crippen LogP contribution in [0.4, 0.5) is 11.4 Å². The molecule has 2 heterocycles. The lowest BCUT2D eigenvalue weighted by Crippen LogP contribution is -2.19. The van der Waals surface area contributed by atoms with Crippen molar-refractivity contribution in [1.29, 1.82) is 0 Å². The average molecular weight is 320 g/mol. The monoisotopic (exact) mass is 320 g/mol. The van der Waals surface area contributed by atoms with E-state index in [4.69, 9.17) is 0 Å². The standard InChI is InChI=1S/C15H16N2O2S2/c1-9-3-4-11(8-14(9)17(18)19)16-13-7-10(2)21-15-12(13)5-6-20-15/h3-6,8,10,13,16H,7H2,1-2H3/t10-,13?/m0/s1. The molecule has 1 aliphatic heterocycles. The highest BCUT2D eigenvalue weighted by Gasteiger charge is 2.26. The number of anilines is 1. The van der Waals surface area contributed by atoms with Gasteiger partial charge in [-0.05, 0) is 36.4 Å². The van der Waals surface area contributed by atoms with Crippen LogP contribution in [0.3, 0.4) is 0 Å². The maximum atomic E-state index is 11.1. The number of benzene rings is 1. The molecule has 1 N–H and O–H groups in total. The number of nitrogens with zero attached hydrogens (tertiary/aromatic N) is 1. The number of nitro benzene ring substituents is 1. The zero-order valence-corrected chi connectivity index (χ0v) is 13.5. The topological polar surface area (TPSA) is 55.2 Å². The van der Waals surface area contributed by atoms with Crippen molar-refractivity contribution in [2.75, 3.05) is 5.32 Å². The van der Waals surface area contributed by atoms with Gasteiger partial charge in [0, 0.05) is 22.6 Å². The van der Waals surface area contributed by atoms with Crippen molar-refractivity contribution in [1.82, 2.24) is 0 Å². The van der Waals surface area contributed by atoms with E-state index in [-0.39, 0.29) is 16.7 Å². The maximum absolute atomic E-state index is 11.1. The van der Waals surface area contributed by atoms with Gasteiger partial charge in [-0.1, -0.05) is 13.0 Å². The van der Waals surface area contributed by atoms with Crippen molar-refractivity contribution in [3.8, 4) is 0 Å². The molecule has 1 aliphatic rings. The maximum Gasteiger partial charge on any atom is 0.274 e. The number of nitro groups is 1. The first-order valence-electron chi connectivity index (χ1n) is 6.80. The van der Waals surface area contributed by atoms with E-state index in [2.05, 4.69) is 23.7 Å². The molecule has 1 unspecified atom stereocenters. The van der Waals surface area contributed by atoms with Gasteiger partial charge >= 0.3 is 0 Å². The van der Waals surface area contributed by atoms with Crippen molar-refractivity contribution in [2.45, 2.75) is 35.8 Å². The minimum Gasteiger partial charge on any atom is -0.378 e. The van der Waals surface area contributed by atoms with Crippen LogP contribution in [0.2, 0.25) is 0 Å². The smallest absolute Gasteiger partial charge is 0.274 e. The SMILES string of the molecule is Cc1ccc(NC2C[C@H](C)Sc3sccc32)cc1[N+](=O)[O-]. The van der Waals surface area contributed by atoms with Crippen molar-refractivity contribution in [3.05, 3.63) is 50.9 Å². The fourth-order valence-electron chi connectivity index (χ4n) is 2.58. The van der Waals surface area contributed by atoms with Crippen LogP contribution in [0.25, 0.3) is 0 Å². The van der Waals surface area contributed by atoms with Gasteiger partial charge in [-0.15, -0.1) is 23.1 Å². The van der Waals surface area contributed by atoms with E-state index in [0.717, 1.165) is 12.1 Å². The van der Waals surface area contributed by atoms with Gasteiger partial charge in [0.1, 0.15) is 0 Å². The predicted octanol–water partition coefficient (Wildman–Crippen LogP) is 5.00. The largest absolute Gasteiger partial charge is 0.378 e. The van der Waals surface area contributed by atoms with E-state index in [0.29, 0.717) is 10.8 Å². The minimum absolute atomic E-state index is 0.170. The number of nitrogens with one attached hydrogen (secondary N) is 1. The zero-order chi connectivity index (χ0) is 15.0. The molecule has 0 aliphatic carbocycles. The summed E-state index contributed by atoms with van der Waals surface area (Å²) in [6.45, 7) is 3.98. The van der Waals surface area contributed by atoms with E-state index in [1.54, 1.807) is 30.4 Å². The normalized spacial score (nSPS) is 20.9. The van der Waals surface area contributed by atoms with Gasteiger partial charge in [-0.25, -0.2) is 0 Å². The van der Waals surface area contributed by atoms with Gasteiger partial charge in [0.15, 0.2) is 0 Å². The summed E-state index contributed by atoms with van der Waals surface area (Å²) in [7, 11) is 0. The summed E-state index contributed by atoms with van der Waals surface area (Å²) in [5.41, 5.74) is 2.98. The molecule has 6 heteroatoms. The number of hydrogen-bond donors (Lipinski definition) is 1. The van der Waals surface area contributed by atoms with Gasteiger partial charge in [-0.3, -0.25) is 10.1 Å². The van der Waals surface area contributed by atoms with E-state index in [1.165, 1.54) is 9.77 Å². The number of hydrogen-bond acceptors (Lipinski definition) is 5.